The van der Waals surface area contributed by atoms with Crippen LogP contribution in [0.3, 0.4) is 0 Å². The molecule has 0 saturated carbocycles. The predicted octanol–water partition coefficient (Wildman–Crippen LogP) is 4.16. The van der Waals surface area contributed by atoms with Crippen molar-refractivity contribution in [2.24, 2.45) is 0 Å². The Kier molecular flexibility index (Phi) is 6.44. The zero-order chi connectivity index (χ0) is 20.8. The van der Waals surface area contributed by atoms with Gasteiger partial charge >= 0.3 is 5.97 Å². The molecule has 6 nitrogen and oxygen atoms in total. The first kappa shape index (κ1) is 20.3. The number of ether oxygens (including phenoxy) is 1. The van der Waals surface area contributed by atoms with Crippen molar-refractivity contribution in [3.63, 3.8) is 0 Å². The van der Waals surface area contributed by atoms with Crippen LogP contribution in [0.15, 0.2) is 54.7 Å². The Morgan fingerprint density at radius 2 is 1.79 bits per heavy atom. The summed E-state index contributed by atoms with van der Waals surface area (Å²) in [5, 5.41) is 2.84. The number of nitrogens with zero attached hydrogens (tertiary/aromatic N) is 1. The molecular formula is C23H24N2O4. The number of hydrogen-bond donors (Lipinski definition) is 1. The molecule has 1 heterocycles. The molecule has 1 aliphatic rings. The molecule has 1 unspecified atom stereocenters. The van der Waals surface area contributed by atoms with Crippen LogP contribution in [0.4, 0.5) is 5.69 Å². The van der Waals surface area contributed by atoms with E-state index in [0.29, 0.717) is 17.9 Å². The Morgan fingerprint density at radius 3 is 2.48 bits per heavy atom. The Bertz CT molecular complexity index is 934. The van der Waals surface area contributed by atoms with Crippen molar-refractivity contribution < 1.29 is 19.1 Å². The van der Waals surface area contributed by atoms with E-state index in [0.717, 1.165) is 17.5 Å². The maximum absolute atomic E-state index is 12.7. The Labute approximate surface area is 170 Å². The molecule has 0 bridgehead atoms. The van der Waals surface area contributed by atoms with Gasteiger partial charge in [-0.25, -0.2) is 4.79 Å². The van der Waals surface area contributed by atoms with Crippen LogP contribution in [0, 0.1) is 0 Å². The van der Waals surface area contributed by atoms with Crippen LogP contribution in [0.25, 0.3) is 6.08 Å². The molecule has 0 aromatic heterocycles. The van der Waals surface area contributed by atoms with Crippen LogP contribution >= 0.6 is 0 Å². The molecule has 1 aliphatic heterocycles. The van der Waals surface area contributed by atoms with Gasteiger partial charge in [-0.3, -0.25) is 9.59 Å². The smallest absolute Gasteiger partial charge is 0.338 e. The highest BCUT2D eigenvalue weighted by Gasteiger charge is 2.28. The lowest BCUT2D eigenvalue weighted by atomic mass is 9.93. The van der Waals surface area contributed by atoms with Crippen LogP contribution < -0.4 is 5.32 Å². The monoisotopic (exact) mass is 392 g/mol. The van der Waals surface area contributed by atoms with E-state index in [9.17, 15) is 14.4 Å². The maximum Gasteiger partial charge on any atom is 0.338 e. The second-order valence-electron chi connectivity index (χ2n) is 6.85. The Balaban J connectivity index is 1.68. The van der Waals surface area contributed by atoms with Gasteiger partial charge < -0.3 is 15.0 Å². The van der Waals surface area contributed by atoms with Crippen LogP contribution in [0.5, 0.6) is 0 Å². The summed E-state index contributed by atoms with van der Waals surface area (Å²) in [6.07, 6.45) is 4.48. The van der Waals surface area contributed by atoms with Crippen molar-refractivity contribution in [1.82, 2.24) is 4.90 Å². The van der Waals surface area contributed by atoms with E-state index < -0.39 is 0 Å². The number of amides is 2. The minimum absolute atomic E-state index is 0.122. The summed E-state index contributed by atoms with van der Waals surface area (Å²) in [6, 6.07) is 13.9. The van der Waals surface area contributed by atoms with Gasteiger partial charge in [0.05, 0.1) is 24.6 Å². The van der Waals surface area contributed by atoms with E-state index in [-0.39, 0.29) is 30.2 Å². The number of carbonyl (C=O) groups is 3. The molecule has 2 amide bonds. The van der Waals surface area contributed by atoms with E-state index >= 15 is 0 Å². The van der Waals surface area contributed by atoms with Gasteiger partial charge in [-0.2, -0.15) is 0 Å². The van der Waals surface area contributed by atoms with E-state index in [4.69, 9.17) is 4.74 Å². The number of fused-ring (bicyclic) bond motifs is 1. The summed E-state index contributed by atoms with van der Waals surface area (Å²) < 4.78 is 5.10. The fourth-order valence-corrected chi connectivity index (χ4v) is 3.27. The lowest BCUT2D eigenvalue weighted by Crippen LogP contribution is -2.33. The SMILES string of the molecule is CCCOC(=O)c1ccc(NC(=O)CC2c3ccccc3C=CN2C(C)=O)cc1. The Hall–Kier alpha value is -3.41. The number of rotatable bonds is 6. The molecule has 1 atom stereocenters. The molecule has 1 N–H and O–H groups in total. The fourth-order valence-electron chi connectivity index (χ4n) is 3.27. The highest BCUT2D eigenvalue weighted by Crippen LogP contribution is 2.33. The quantitative estimate of drug-likeness (QED) is 0.749. The molecule has 150 valence electrons. The van der Waals surface area contributed by atoms with Crippen molar-refractivity contribution in [3.8, 4) is 0 Å². The molecule has 3 rings (SSSR count). The second kappa shape index (κ2) is 9.19. The van der Waals surface area contributed by atoms with Crippen molar-refractivity contribution in [1.29, 1.82) is 0 Å². The summed E-state index contributed by atoms with van der Waals surface area (Å²) >= 11 is 0. The van der Waals surface area contributed by atoms with E-state index in [1.807, 2.05) is 37.3 Å². The molecule has 0 radical (unpaired) electrons. The van der Waals surface area contributed by atoms with Crippen molar-refractivity contribution in [3.05, 3.63) is 71.4 Å². The third-order valence-corrected chi connectivity index (χ3v) is 4.69. The average molecular weight is 392 g/mol. The average Bonchev–Trinajstić information content (AvgIpc) is 2.72. The molecule has 0 saturated heterocycles. The first-order chi connectivity index (χ1) is 14.0. The van der Waals surface area contributed by atoms with E-state index in [2.05, 4.69) is 5.32 Å². The summed E-state index contributed by atoms with van der Waals surface area (Å²) in [5.41, 5.74) is 2.95. The van der Waals surface area contributed by atoms with Gasteiger partial charge in [0.1, 0.15) is 0 Å². The zero-order valence-electron chi connectivity index (χ0n) is 16.6. The number of carbonyl (C=O) groups excluding carboxylic acids is 3. The van der Waals surface area contributed by atoms with Crippen molar-refractivity contribution in [2.45, 2.75) is 32.7 Å². The molecule has 2 aromatic carbocycles. The lowest BCUT2D eigenvalue weighted by molar-refractivity contribution is -0.129. The largest absolute Gasteiger partial charge is 0.462 e. The first-order valence-corrected chi connectivity index (χ1v) is 9.62. The van der Waals surface area contributed by atoms with Crippen molar-refractivity contribution in [2.75, 3.05) is 11.9 Å². The van der Waals surface area contributed by atoms with E-state index in [1.54, 1.807) is 35.4 Å². The van der Waals surface area contributed by atoms with E-state index in [1.165, 1.54) is 6.92 Å². The summed E-state index contributed by atoms with van der Waals surface area (Å²) in [4.78, 5) is 38.1. The summed E-state index contributed by atoms with van der Waals surface area (Å²) in [7, 11) is 0. The fraction of sp³-hybridized carbons (Fsp3) is 0.261. The Morgan fingerprint density at radius 1 is 1.07 bits per heavy atom. The maximum atomic E-state index is 12.7. The second-order valence-corrected chi connectivity index (χ2v) is 6.85. The first-order valence-electron chi connectivity index (χ1n) is 9.62. The third-order valence-electron chi connectivity index (χ3n) is 4.69. The standard InChI is InChI=1S/C23H24N2O4/c1-3-14-29-23(28)18-8-10-19(11-9-18)24-22(27)15-21-20-7-5-4-6-17(20)12-13-25(21)16(2)26/h4-13,21H,3,14-15H2,1-2H3,(H,24,27). The number of hydrogen-bond acceptors (Lipinski definition) is 4. The number of esters is 1. The summed E-state index contributed by atoms with van der Waals surface area (Å²) in [6.45, 7) is 3.79. The number of anilines is 1. The van der Waals surface area contributed by atoms with Crippen LogP contribution in [-0.4, -0.2) is 29.3 Å². The van der Waals surface area contributed by atoms with Gasteiger partial charge in [0.25, 0.3) is 0 Å². The van der Waals surface area contributed by atoms with Crippen LogP contribution in [0.1, 0.15) is 54.2 Å². The molecule has 6 heteroatoms. The van der Waals surface area contributed by atoms with Gasteiger partial charge in [-0.15, -0.1) is 0 Å². The van der Waals surface area contributed by atoms with Crippen LogP contribution in [0.2, 0.25) is 0 Å². The van der Waals surface area contributed by atoms with Crippen LogP contribution in [-0.2, 0) is 14.3 Å². The van der Waals surface area contributed by atoms with Gasteiger partial charge in [-0.1, -0.05) is 31.2 Å². The molecule has 0 aliphatic carbocycles. The minimum atomic E-state index is -0.382. The molecule has 0 fully saturated rings. The van der Waals surface area contributed by atoms with Gasteiger partial charge in [0, 0.05) is 18.8 Å². The number of benzene rings is 2. The highest BCUT2D eigenvalue weighted by atomic mass is 16.5. The highest BCUT2D eigenvalue weighted by molar-refractivity contribution is 5.94. The predicted molar refractivity (Wildman–Crippen MR) is 111 cm³/mol. The molecule has 0 spiro atoms. The zero-order valence-corrected chi connectivity index (χ0v) is 16.6. The van der Waals surface area contributed by atoms with Gasteiger partial charge in [-0.05, 0) is 47.9 Å². The lowest BCUT2D eigenvalue weighted by Gasteiger charge is -2.32. The molecular weight excluding hydrogens is 368 g/mol. The molecule has 2 aromatic rings. The topological polar surface area (TPSA) is 75.7 Å². The minimum Gasteiger partial charge on any atom is -0.462 e. The number of nitrogens with one attached hydrogen (secondary N) is 1. The normalized spacial score (nSPS) is 14.8. The van der Waals surface area contributed by atoms with Gasteiger partial charge in [0.15, 0.2) is 0 Å². The summed E-state index contributed by atoms with van der Waals surface area (Å²) in [5.74, 6) is -0.719. The van der Waals surface area contributed by atoms with Gasteiger partial charge in [0.2, 0.25) is 11.8 Å². The van der Waals surface area contributed by atoms with Crippen molar-refractivity contribution >= 4 is 29.5 Å². The molecule has 29 heavy (non-hydrogen) atoms. The third kappa shape index (κ3) is 4.90.